The van der Waals surface area contributed by atoms with E-state index in [2.05, 4.69) is 4.98 Å². The monoisotopic (exact) mass is 417 g/mol. The zero-order chi connectivity index (χ0) is 21.6. The molecular formula is C22H31N3O3S. The number of aromatic hydroxyl groups is 1. The third-order valence-electron chi connectivity index (χ3n) is 5.09. The van der Waals surface area contributed by atoms with Crippen LogP contribution in [0.25, 0.3) is 5.69 Å². The smallest absolute Gasteiger partial charge is 0.265 e. The first-order valence-corrected chi connectivity index (χ1v) is 11.2. The van der Waals surface area contributed by atoms with Crippen LogP contribution in [0.4, 0.5) is 0 Å². The van der Waals surface area contributed by atoms with Crippen LogP contribution in [0.1, 0.15) is 50.3 Å². The van der Waals surface area contributed by atoms with Crippen molar-refractivity contribution in [2.75, 3.05) is 18.8 Å². The third-order valence-corrected chi connectivity index (χ3v) is 6.02. The second kappa shape index (κ2) is 10.5. The summed E-state index contributed by atoms with van der Waals surface area (Å²) in [5.41, 5.74) is 2.94. The fourth-order valence-corrected chi connectivity index (χ4v) is 3.98. The average molecular weight is 418 g/mol. The third kappa shape index (κ3) is 5.41. The molecular weight excluding hydrogens is 386 g/mol. The van der Waals surface area contributed by atoms with E-state index in [4.69, 9.17) is 0 Å². The van der Waals surface area contributed by atoms with Crippen LogP contribution in [-0.2, 0) is 11.2 Å². The normalized spacial score (nSPS) is 10.9. The van der Waals surface area contributed by atoms with Crippen molar-refractivity contribution < 1.29 is 9.90 Å². The zero-order valence-electron chi connectivity index (χ0n) is 18.0. The molecule has 0 unspecified atom stereocenters. The first-order valence-electron chi connectivity index (χ1n) is 10.2. The molecule has 0 fully saturated rings. The number of aryl methyl sites for hydroxylation is 2. The number of unbranched alkanes of at least 4 members (excludes halogenated alkanes) is 1. The van der Waals surface area contributed by atoms with Crippen molar-refractivity contribution in [3.63, 3.8) is 0 Å². The molecule has 0 radical (unpaired) electrons. The van der Waals surface area contributed by atoms with E-state index in [1.807, 2.05) is 52.8 Å². The van der Waals surface area contributed by atoms with Gasteiger partial charge in [0, 0.05) is 13.1 Å². The highest BCUT2D eigenvalue weighted by molar-refractivity contribution is 7.99. The van der Waals surface area contributed by atoms with Gasteiger partial charge in [-0.05, 0) is 63.8 Å². The minimum Gasteiger partial charge on any atom is -0.493 e. The highest BCUT2D eigenvalue weighted by Gasteiger charge is 2.20. The van der Waals surface area contributed by atoms with E-state index < -0.39 is 0 Å². The first-order chi connectivity index (χ1) is 13.8. The number of carbonyl (C=O) groups excluding carboxylic acids is 1. The summed E-state index contributed by atoms with van der Waals surface area (Å²) in [6.45, 7) is 11.2. The number of thioether (sulfide) groups is 1. The van der Waals surface area contributed by atoms with Crippen LogP contribution in [0.5, 0.6) is 5.88 Å². The van der Waals surface area contributed by atoms with E-state index in [1.54, 1.807) is 4.90 Å². The number of hydrogen-bond donors (Lipinski definition) is 1. The molecule has 0 saturated heterocycles. The Kier molecular flexibility index (Phi) is 8.32. The highest BCUT2D eigenvalue weighted by atomic mass is 32.2. The topological polar surface area (TPSA) is 75.4 Å². The Hall–Kier alpha value is -2.28. The fraction of sp³-hybridized carbons (Fsp3) is 0.500. The van der Waals surface area contributed by atoms with Crippen molar-refractivity contribution in [2.24, 2.45) is 0 Å². The van der Waals surface area contributed by atoms with Crippen LogP contribution in [0.3, 0.4) is 0 Å². The summed E-state index contributed by atoms with van der Waals surface area (Å²) in [5.74, 6) is -0.0936. The van der Waals surface area contributed by atoms with E-state index in [0.717, 1.165) is 24.0 Å². The van der Waals surface area contributed by atoms with Crippen LogP contribution in [0.15, 0.2) is 28.2 Å². The highest BCUT2D eigenvalue weighted by Crippen LogP contribution is 2.24. The molecule has 29 heavy (non-hydrogen) atoms. The number of benzene rings is 1. The SMILES string of the molecule is CCCCc1c(O)nc(SCC(=O)N(CC)CC)n(-c2ccc(C)c(C)c2)c1=O. The maximum atomic E-state index is 13.3. The molecule has 2 rings (SSSR count). The Morgan fingerprint density at radius 2 is 1.86 bits per heavy atom. The van der Waals surface area contributed by atoms with Gasteiger partial charge in [-0.25, -0.2) is 0 Å². The van der Waals surface area contributed by atoms with Crippen LogP contribution in [-0.4, -0.2) is 44.3 Å². The van der Waals surface area contributed by atoms with E-state index >= 15 is 0 Å². The molecule has 0 bridgehead atoms. The maximum absolute atomic E-state index is 13.3. The van der Waals surface area contributed by atoms with Crippen molar-refractivity contribution in [3.05, 3.63) is 45.2 Å². The van der Waals surface area contributed by atoms with E-state index in [9.17, 15) is 14.7 Å². The molecule has 0 saturated carbocycles. The largest absolute Gasteiger partial charge is 0.493 e. The van der Waals surface area contributed by atoms with Gasteiger partial charge < -0.3 is 10.0 Å². The predicted molar refractivity (Wildman–Crippen MR) is 118 cm³/mol. The van der Waals surface area contributed by atoms with Gasteiger partial charge in [-0.3, -0.25) is 14.2 Å². The molecule has 7 heteroatoms. The van der Waals surface area contributed by atoms with Gasteiger partial charge >= 0.3 is 0 Å². The van der Waals surface area contributed by atoms with Crippen LogP contribution >= 0.6 is 11.8 Å². The summed E-state index contributed by atoms with van der Waals surface area (Å²) in [6, 6.07) is 5.78. The molecule has 0 spiro atoms. The maximum Gasteiger partial charge on any atom is 0.265 e. The van der Waals surface area contributed by atoms with Gasteiger partial charge in [-0.2, -0.15) is 4.98 Å². The molecule has 0 aliphatic carbocycles. The molecule has 1 amide bonds. The van der Waals surface area contributed by atoms with E-state index in [1.165, 1.54) is 16.3 Å². The number of nitrogens with zero attached hydrogens (tertiary/aromatic N) is 3. The molecule has 0 aliphatic rings. The quantitative estimate of drug-likeness (QED) is 0.495. The van der Waals surface area contributed by atoms with Gasteiger partial charge in [0.05, 0.1) is 17.0 Å². The summed E-state index contributed by atoms with van der Waals surface area (Å²) in [7, 11) is 0. The van der Waals surface area contributed by atoms with Gasteiger partial charge in [-0.1, -0.05) is 31.2 Å². The summed E-state index contributed by atoms with van der Waals surface area (Å²) in [6.07, 6.45) is 2.18. The lowest BCUT2D eigenvalue weighted by atomic mass is 10.1. The number of aromatic nitrogens is 2. The van der Waals surface area contributed by atoms with Crippen LogP contribution in [0, 0.1) is 13.8 Å². The van der Waals surface area contributed by atoms with E-state index in [-0.39, 0.29) is 23.1 Å². The Morgan fingerprint density at radius 1 is 1.17 bits per heavy atom. The molecule has 0 aliphatic heterocycles. The van der Waals surface area contributed by atoms with Gasteiger partial charge in [0.15, 0.2) is 5.16 Å². The molecule has 0 atom stereocenters. The van der Waals surface area contributed by atoms with Crippen molar-refractivity contribution in [3.8, 4) is 11.6 Å². The van der Waals surface area contributed by atoms with Crippen molar-refractivity contribution >= 4 is 17.7 Å². The van der Waals surface area contributed by atoms with Gasteiger partial charge in [0.25, 0.3) is 5.56 Å². The summed E-state index contributed by atoms with van der Waals surface area (Å²) >= 11 is 1.18. The minimum atomic E-state index is -0.271. The molecule has 1 heterocycles. The first kappa shape index (κ1) is 23.0. The van der Waals surface area contributed by atoms with Crippen molar-refractivity contribution in [2.45, 2.75) is 59.0 Å². The lowest BCUT2D eigenvalue weighted by molar-refractivity contribution is -0.127. The Labute approximate surface area is 177 Å². The average Bonchev–Trinajstić information content (AvgIpc) is 2.69. The lowest BCUT2D eigenvalue weighted by Crippen LogP contribution is -2.32. The Balaban J connectivity index is 2.52. The second-order valence-corrected chi connectivity index (χ2v) is 8.01. The molecule has 1 aromatic heterocycles. The van der Waals surface area contributed by atoms with Gasteiger partial charge in [0.2, 0.25) is 11.8 Å². The van der Waals surface area contributed by atoms with Crippen molar-refractivity contribution in [1.29, 1.82) is 0 Å². The molecule has 158 valence electrons. The number of amides is 1. The lowest BCUT2D eigenvalue weighted by Gasteiger charge is -2.19. The summed E-state index contributed by atoms with van der Waals surface area (Å²) in [4.78, 5) is 31.7. The molecule has 1 N–H and O–H groups in total. The van der Waals surface area contributed by atoms with Crippen LogP contribution in [0.2, 0.25) is 0 Å². The number of carbonyl (C=O) groups is 1. The second-order valence-electron chi connectivity index (χ2n) is 7.06. The molecule has 2 aromatic rings. The van der Waals surface area contributed by atoms with Crippen LogP contribution < -0.4 is 5.56 Å². The Morgan fingerprint density at radius 3 is 2.45 bits per heavy atom. The standard InChI is InChI=1S/C22H31N3O3S/c1-6-9-10-18-20(27)23-22(29-14-19(26)24(7-2)8-3)25(21(18)28)17-12-11-15(4)16(5)13-17/h11-13,27H,6-10,14H2,1-5H3. The fourth-order valence-electron chi connectivity index (χ4n) is 3.08. The Bertz CT molecular complexity index is 920. The molecule has 6 nitrogen and oxygen atoms in total. The minimum absolute atomic E-state index is 0.0181. The van der Waals surface area contributed by atoms with Crippen molar-refractivity contribution in [1.82, 2.24) is 14.5 Å². The molecule has 1 aromatic carbocycles. The van der Waals surface area contributed by atoms with Gasteiger partial charge in [-0.15, -0.1) is 0 Å². The zero-order valence-corrected chi connectivity index (χ0v) is 18.8. The summed E-state index contributed by atoms with van der Waals surface area (Å²) < 4.78 is 1.53. The van der Waals surface area contributed by atoms with E-state index in [0.29, 0.717) is 35.9 Å². The predicted octanol–water partition coefficient (Wildman–Crippen LogP) is 3.86. The van der Waals surface area contributed by atoms with Gasteiger partial charge in [0.1, 0.15) is 0 Å². The number of rotatable bonds is 9. The number of hydrogen-bond acceptors (Lipinski definition) is 5. The summed E-state index contributed by atoms with van der Waals surface area (Å²) in [5, 5.41) is 10.7.